The van der Waals surface area contributed by atoms with E-state index in [9.17, 15) is 0 Å². The summed E-state index contributed by atoms with van der Waals surface area (Å²) in [5, 5.41) is 3.61. The molecule has 1 aromatic rings. The van der Waals surface area contributed by atoms with Crippen LogP contribution in [-0.4, -0.2) is 42.3 Å². The van der Waals surface area contributed by atoms with Crippen LogP contribution in [0.1, 0.15) is 39.2 Å². The minimum atomic E-state index is 0.202. The normalized spacial score (nSPS) is 17.1. The van der Waals surface area contributed by atoms with Gasteiger partial charge in [0.15, 0.2) is 0 Å². The summed E-state index contributed by atoms with van der Waals surface area (Å²) in [5.74, 6) is 2.45. The van der Waals surface area contributed by atoms with Crippen molar-refractivity contribution in [2.45, 2.75) is 46.1 Å². The van der Waals surface area contributed by atoms with Gasteiger partial charge in [0.05, 0.1) is 12.7 Å². The second kappa shape index (κ2) is 6.60. The molecule has 0 aliphatic carbocycles. The van der Waals surface area contributed by atoms with Gasteiger partial charge in [-0.2, -0.15) is 0 Å². The van der Waals surface area contributed by atoms with E-state index < -0.39 is 0 Å². The number of nitrogens with zero attached hydrogens (tertiary/aromatic N) is 3. The molecule has 5 heteroatoms. The van der Waals surface area contributed by atoms with E-state index in [-0.39, 0.29) is 5.54 Å². The van der Waals surface area contributed by atoms with E-state index in [1.165, 1.54) is 12.8 Å². The predicted octanol–water partition coefficient (Wildman–Crippen LogP) is 2.40. The zero-order chi connectivity index (χ0) is 15.5. The van der Waals surface area contributed by atoms with Gasteiger partial charge in [-0.25, -0.2) is 9.97 Å². The third-order valence-electron chi connectivity index (χ3n) is 4.04. The molecular weight excluding hydrogens is 264 g/mol. The monoisotopic (exact) mass is 292 g/mol. The van der Waals surface area contributed by atoms with E-state index in [1.54, 1.807) is 13.4 Å². The molecule has 1 fully saturated rings. The zero-order valence-corrected chi connectivity index (χ0v) is 13.9. The fraction of sp³-hybridized carbons (Fsp3) is 0.750. The number of nitrogens with one attached hydrogen (secondary N) is 1. The molecule has 0 bridgehead atoms. The number of hydrogen-bond donors (Lipinski definition) is 1. The molecule has 0 unspecified atom stereocenters. The Labute approximate surface area is 128 Å². The average molecular weight is 292 g/mol. The van der Waals surface area contributed by atoms with E-state index in [2.05, 4.69) is 41.0 Å². The lowest BCUT2D eigenvalue weighted by atomic mass is 9.95. The van der Waals surface area contributed by atoms with Crippen LogP contribution in [0, 0.1) is 12.8 Å². The summed E-state index contributed by atoms with van der Waals surface area (Å²) in [5.41, 5.74) is 1.24. The van der Waals surface area contributed by atoms with Crippen LogP contribution in [-0.2, 0) is 0 Å². The fourth-order valence-corrected chi connectivity index (χ4v) is 2.75. The van der Waals surface area contributed by atoms with E-state index >= 15 is 0 Å². The number of rotatable bonds is 4. The lowest BCUT2D eigenvalue weighted by molar-refractivity contribution is 0.328. The molecule has 118 valence electrons. The van der Waals surface area contributed by atoms with Gasteiger partial charge in [-0.15, -0.1) is 0 Å². The number of anilines is 1. The van der Waals surface area contributed by atoms with Crippen LogP contribution >= 0.6 is 0 Å². The molecule has 1 aliphatic rings. The summed E-state index contributed by atoms with van der Waals surface area (Å²) in [6, 6.07) is 0. The van der Waals surface area contributed by atoms with E-state index in [4.69, 9.17) is 4.74 Å². The minimum Gasteiger partial charge on any atom is -0.481 e. The van der Waals surface area contributed by atoms with Crippen LogP contribution in [0.15, 0.2) is 6.33 Å². The van der Waals surface area contributed by atoms with Gasteiger partial charge >= 0.3 is 0 Å². The van der Waals surface area contributed by atoms with Crippen molar-refractivity contribution in [3.05, 3.63) is 11.9 Å². The van der Waals surface area contributed by atoms with E-state index in [0.29, 0.717) is 5.88 Å². The third-order valence-corrected chi connectivity index (χ3v) is 4.04. The average Bonchev–Trinajstić information content (AvgIpc) is 2.45. The highest BCUT2D eigenvalue weighted by molar-refractivity contribution is 5.50. The summed E-state index contributed by atoms with van der Waals surface area (Å²) >= 11 is 0. The Morgan fingerprint density at radius 2 is 1.95 bits per heavy atom. The van der Waals surface area contributed by atoms with Gasteiger partial charge in [0, 0.05) is 18.6 Å². The molecule has 5 nitrogen and oxygen atoms in total. The first kappa shape index (κ1) is 16.0. The maximum Gasteiger partial charge on any atom is 0.221 e. The molecular formula is C16H28N4O. The van der Waals surface area contributed by atoms with Gasteiger partial charge in [-0.05, 0) is 53.0 Å². The molecule has 1 N–H and O–H groups in total. The van der Waals surface area contributed by atoms with Crippen molar-refractivity contribution < 1.29 is 4.74 Å². The number of aromatic nitrogens is 2. The lowest BCUT2D eigenvalue weighted by Crippen LogP contribution is -2.43. The quantitative estimate of drug-likeness (QED) is 0.923. The van der Waals surface area contributed by atoms with Crippen molar-refractivity contribution in [3.63, 3.8) is 0 Å². The maximum atomic E-state index is 5.29. The lowest BCUT2D eigenvalue weighted by Gasteiger charge is -2.35. The van der Waals surface area contributed by atoms with Gasteiger partial charge in [0.25, 0.3) is 0 Å². The second-order valence-electron chi connectivity index (χ2n) is 6.89. The molecule has 2 rings (SSSR count). The Morgan fingerprint density at radius 3 is 2.52 bits per heavy atom. The van der Waals surface area contributed by atoms with E-state index in [0.717, 1.165) is 36.9 Å². The van der Waals surface area contributed by atoms with Crippen molar-refractivity contribution in [1.29, 1.82) is 0 Å². The van der Waals surface area contributed by atoms with Gasteiger partial charge in [0.1, 0.15) is 12.1 Å². The standard InChI is InChI=1S/C16H28N4O/c1-12-14(17-11-18-15(12)21-5)20-8-6-13(7-9-20)10-19-16(2,3)4/h11,13,19H,6-10H2,1-5H3. The molecule has 21 heavy (non-hydrogen) atoms. The Kier molecular flexibility index (Phi) is 5.04. The molecule has 0 amide bonds. The minimum absolute atomic E-state index is 0.202. The van der Waals surface area contributed by atoms with Gasteiger partial charge in [0.2, 0.25) is 5.88 Å². The van der Waals surface area contributed by atoms with Crippen molar-refractivity contribution in [2.75, 3.05) is 31.6 Å². The summed E-state index contributed by atoms with van der Waals surface area (Å²) < 4.78 is 5.29. The Bertz CT molecular complexity index is 462. The second-order valence-corrected chi connectivity index (χ2v) is 6.89. The highest BCUT2D eigenvalue weighted by Gasteiger charge is 2.23. The summed E-state index contributed by atoms with van der Waals surface area (Å²) in [6.07, 6.45) is 4.00. The summed E-state index contributed by atoms with van der Waals surface area (Å²) in [4.78, 5) is 10.9. The Balaban J connectivity index is 1.92. The van der Waals surface area contributed by atoms with Crippen LogP contribution < -0.4 is 15.0 Å². The van der Waals surface area contributed by atoms with Crippen LogP contribution in [0.3, 0.4) is 0 Å². The van der Waals surface area contributed by atoms with E-state index in [1.807, 2.05) is 6.92 Å². The largest absolute Gasteiger partial charge is 0.481 e. The van der Waals surface area contributed by atoms with Gasteiger partial charge in [-0.3, -0.25) is 0 Å². The summed E-state index contributed by atoms with van der Waals surface area (Å²) in [6.45, 7) is 11.9. The first-order valence-corrected chi connectivity index (χ1v) is 7.76. The molecule has 0 aromatic carbocycles. The molecule has 1 saturated heterocycles. The Morgan fingerprint density at radius 1 is 1.29 bits per heavy atom. The first-order chi connectivity index (χ1) is 9.90. The van der Waals surface area contributed by atoms with Gasteiger partial charge < -0.3 is 15.0 Å². The van der Waals surface area contributed by atoms with Crippen molar-refractivity contribution >= 4 is 5.82 Å². The number of piperidine rings is 1. The highest BCUT2D eigenvalue weighted by atomic mass is 16.5. The molecule has 1 aliphatic heterocycles. The van der Waals surface area contributed by atoms with Crippen molar-refractivity contribution in [3.8, 4) is 5.88 Å². The molecule has 1 aromatic heterocycles. The molecule has 2 heterocycles. The molecule has 0 saturated carbocycles. The van der Waals surface area contributed by atoms with Gasteiger partial charge in [-0.1, -0.05) is 0 Å². The maximum absolute atomic E-state index is 5.29. The van der Waals surface area contributed by atoms with Crippen LogP contribution in [0.4, 0.5) is 5.82 Å². The SMILES string of the molecule is COc1ncnc(N2CCC(CNC(C)(C)C)CC2)c1C. The smallest absolute Gasteiger partial charge is 0.221 e. The molecule has 0 atom stereocenters. The topological polar surface area (TPSA) is 50.3 Å². The zero-order valence-electron chi connectivity index (χ0n) is 13.9. The first-order valence-electron chi connectivity index (χ1n) is 7.76. The Hall–Kier alpha value is -1.36. The number of methoxy groups -OCH3 is 1. The van der Waals surface area contributed by atoms with Crippen molar-refractivity contribution in [2.24, 2.45) is 5.92 Å². The van der Waals surface area contributed by atoms with Crippen LogP contribution in [0.2, 0.25) is 0 Å². The highest BCUT2D eigenvalue weighted by Crippen LogP contribution is 2.27. The molecule has 0 radical (unpaired) electrons. The third kappa shape index (κ3) is 4.30. The number of hydrogen-bond acceptors (Lipinski definition) is 5. The van der Waals surface area contributed by atoms with Crippen LogP contribution in [0.25, 0.3) is 0 Å². The van der Waals surface area contributed by atoms with Crippen molar-refractivity contribution in [1.82, 2.24) is 15.3 Å². The predicted molar refractivity (Wildman–Crippen MR) is 86.0 cm³/mol. The fourth-order valence-electron chi connectivity index (χ4n) is 2.75. The van der Waals surface area contributed by atoms with Crippen LogP contribution in [0.5, 0.6) is 5.88 Å². The summed E-state index contributed by atoms with van der Waals surface area (Å²) in [7, 11) is 1.66. The number of ether oxygens (including phenoxy) is 1. The molecule has 0 spiro atoms.